The van der Waals surface area contributed by atoms with Gasteiger partial charge in [0.1, 0.15) is 0 Å². The maximum Gasteiger partial charge on any atom is 0.170 e. The van der Waals surface area contributed by atoms with Crippen LogP contribution >= 0.6 is 12.2 Å². The predicted molar refractivity (Wildman–Crippen MR) is 57.6 cm³/mol. The maximum absolute atomic E-state index is 9.00. The molecule has 0 aliphatic carbocycles. The second-order valence-electron chi connectivity index (χ2n) is 2.52. The highest BCUT2D eigenvalue weighted by Gasteiger charge is 2.00. The van der Waals surface area contributed by atoms with Crippen LogP contribution in [0.1, 0.15) is 5.56 Å². The fourth-order valence-corrected chi connectivity index (χ4v) is 1.07. The monoisotopic (exact) mass is 196 g/mol. The minimum atomic E-state index is 0.00943. The molecule has 3 nitrogen and oxygen atoms in total. The number of hydrogen-bond acceptors (Lipinski definition) is 2. The van der Waals surface area contributed by atoms with Crippen molar-refractivity contribution in [1.29, 1.82) is 0 Å². The summed E-state index contributed by atoms with van der Waals surface area (Å²) in [4.78, 5) is 0. The quantitative estimate of drug-likeness (QED) is 0.620. The van der Waals surface area contributed by atoms with Gasteiger partial charge >= 0.3 is 0 Å². The van der Waals surface area contributed by atoms with E-state index in [0.29, 0.717) is 5.11 Å². The van der Waals surface area contributed by atoms with Crippen LogP contribution in [0.25, 0.3) is 0 Å². The van der Waals surface area contributed by atoms with Crippen molar-refractivity contribution in [2.45, 2.75) is 6.61 Å². The molecule has 0 unspecified atom stereocenters. The lowest BCUT2D eigenvalue weighted by molar-refractivity contribution is 0.282. The molecule has 4 heteroatoms. The second-order valence-corrected chi connectivity index (χ2v) is 2.93. The van der Waals surface area contributed by atoms with Crippen LogP contribution in [-0.2, 0) is 6.61 Å². The van der Waals surface area contributed by atoms with E-state index in [4.69, 9.17) is 17.3 Å². The van der Waals surface area contributed by atoms with Gasteiger partial charge in [0.05, 0.1) is 6.61 Å². The van der Waals surface area contributed by atoms with Gasteiger partial charge in [0.2, 0.25) is 0 Å². The van der Waals surface area contributed by atoms with Crippen LogP contribution in [-0.4, -0.2) is 17.3 Å². The van der Waals surface area contributed by atoms with E-state index in [1.54, 1.807) is 7.05 Å². The van der Waals surface area contributed by atoms with Crippen molar-refractivity contribution < 1.29 is 5.11 Å². The zero-order chi connectivity index (χ0) is 9.68. The summed E-state index contributed by atoms with van der Waals surface area (Å²) >= 11 is 4.94. The summed E-state index contributed by atoms with van der Waals surface area (Å²) in [7, 11) is 1.75. The largest absolute Gasteiger partial charge is 0.392 e. The van der Waals surface area contributed by atoms with Crippen molar-refractivity contribution in [3.05, 3.63) is 29.8 Å². The molecule has 0 aliphatic rings. The van der Waals surface area contributed by atoms with E-state index >= 15 is 0 Å². The van der Waals surface area contributed by atoms with Gasteiger partial charge in [-0.3, -0.25) is 0 Å². The van der Waals surface area contributed by atoms with E-state index in [9.17, 15) is 0 Å². The molecule has 1 rings (SSSR count). The lowest BCUT2D eigenvalue weighted by Gasteiger charge is -2.10. The third kappa shape index (κ3) is 2.68. The third-order valence-electron chi connectivity index (χ3n) is 1.66. The Bertz CT molecular complexity index is 301. The summed E-state index contributed by atoms with van der Waals surface area (Å²) in [5.74, 6) is 0. The first-order valence-corrected chi connectivity index (χ1v) is 4.36. The van der Waals surface area contributed by atoms with Gasteiger partial charge in [-0.25, -0.2) is 0 Å². The Morgan fingerprint density at radius 1 is 1.46 bits per heavy atom. The molecule has 0 spiro atoms. The summed E-state index contributed by atoms with van der Waals surface area (Å²) in [5.41, 5.74) is 1.67. The number of aliphatic hydroxyl groups is 1. The van der Waals surface area contributed by atoms with Crippen LogP contribution in [0.2, 0.25) is 0 Å². The molecule has 3 N–H and O–H groups in total. The Kier molecular flexibility index (Phi) is 3.67. The Labute approximate surface area is 82.8 Å². The molecular formula is C9H12N2OS. The molecule has 0 aliphatic heterocycles. The van der Waals surface area contributed by atoms with Gasteiger partial charge in [-0.15, -0.1) is 0 Å². The maximum atomic E-state index is 9.00. The van der Waals surface area contributed by atoms with Crippen LogP contribution in [0.5, 0.6) is 0 Å². The first-order chi connectivity index (χ1) is 6.27. The van der Waals surface area contributed by atoms with E-state index in [2.05, 4.69) is 10.6 Å². The first kappa shape index (κ1) is 9.95. The van der Waals surface area contributed by atoms with Crippen molar-refractivity contribution in [3.8, 4) is 0 Å². The minimum Gasteiger partial charge on any atom is -0.392 e. The molecule has 0 aromatic heterocycles. The highest BCUT2D eigenvalue weighted by molar-refractivity contribution is 7.80. The number of nitrogens with one attached hydrogen (secondary N) is 2. The molecule has 0 atom stereocenters. The van der Waals surface area contributed by atoms with E-state index in [1.165, 1.54) is 0 Å². The van der Waals surface area contributed by atoms with Gasteiger partial charge in [0.15, 0.2) is 5.11 Å². The predicted octanol–water partition coefficient (Wildman–Crippen LogP) is 1.10. The summed E-state index contributed by atoms with van der Waals surface area (Å²) in [6.45, 7) is 0.00943. The van der Waals surface area contributed by atoms with Gasteiger partial charge < -0.3 is 15.7 Å². The summed E-state index contributed by atoms with van der Waals surface area (Å²) in [5, 5.41) is 15.3. The van der Waals surface area contributed by atoms with Crippen molar-refractivity contribution in [2.75, 3.05) is 12.4 Å². The molecule has 0 saturated carbocycles. The van der Waals surface area contributed by atoms with E-state index < -0.39 is 0 Å². The molecule has 1 aromatic rings. The Hall–Kier alpha value is -1.13. The smallest absolute Gasteiger partial charge is 0.170 e. The van der Waals surface area contributed by atoms with Crippen LogP contribution in [0.4, 0.5) is 5.69 Å². The number of anilines is 1. The Morgan fingerprint density at radius 2 is 2.15 bits per heavy atom. The van der Waals surface area contributed by atoms with Gasteiger partial charge in [0.25, 0.3) is 0 Å². The normalized spacial score (nSPS) is 9.38. The third-order valence-corrected chi connectivity index (χ3v) is 1.97. The van der Waals surface area contributed by atoms with Gasteiger partial charge in [-0.1, -0.05) is 18.2 Å². The van der Waals surface area contributed by atoms with E-state index in [-0.39, 0.29) is 6.61 Å². The van der Waals surface area contributed by atoms with Crippen LogP contribution in [0.3, 0.4) is 0 Å². The highest BCUT2D eigenvalue weighted by Crippen LogP contribution is 2.14. The molecule has 70 valence electrons. The number of rotatable bonds is 2. The Balaban J connectivity index is 2.81. The van der Waals surface area contributed by atoms with Crippen LogP contribution < -0.4 is 10.6 Å². The van der Waals surface area contributed by atoms with Gasteiger partial charge in [-0.2, -0.15) is 0 Å². The Morgan fingerprint density at radius 3 is 2.77 bits per heavy atom. The fraction of sp³-hybridized carbons (Fsp3) is 0.222. The molecular weight excluding hydrogens is 184 g/mol. The van der Waals surface area contributed by atoms with Crippen LogP contribution in [0, 0.1) is 0 Å². The molecule has 0 saturated heterocycles. The van der Waals surface area contributed by atoms with Gasteiger partial charge in [0, 0.05) is 18.3 Å². The molecule has 13 heavy (non-hydrogen) atoms. The van der Waals surface area contributed by atoms with E-state index in [1.807, 2.05) is 24.3 Å². The number of para-hydroxylation sites is 1. The topological polar surface area (TPSA) is 44.3 Å². The fourth-order valence-electron chi connectivity index (χ4n) is 0.965. The van der Waals surface area contributed by atoms with E-state index in [0.717, 1.165) is 11.3 Å². The molecule has 0 amide bonds. The number of benzene rings is 1. The SMILES string of the molecule is CNC(=S)Nc1ccccc1CO. The summed E-state index contributed by atoms with van der Waals surface area (Å²) in [6, 6.07) is 7.48. The van der Waals surface area contributed by atoms with Gasteiger partial charge in [-0.05, 0) is 18.3 Å². The van der Waals surface area contributed by atoms with Crippen molar-refractivity contribution in [3.63, 3.8) is 0 Å². The zero-order valence-electron chi connectivity index (χ0n) is 7.37. The van der Waals surface area contributed by atoms with Crippen LogP contribution in [0.15, 0.2) is 24.3 Å². The molecule has 0 radical (unpaired) electrons. The molecule has 0 heterocycles. The number of hydrogen-bond donors (Lipinski definition) is 3. The second kappa shape index (κ2) is 4.79. The molecule has 0 fully saturated rings. The lowest BCUT2D eigenvalue weighted by atomic mass is 10.2. The molecule has 1 aromatic carbocycles. The number of aliphatic hydroxyl groups excluding tert-OH is 1. The minimum absolute atomic E-state index is 0.00943. The van der Waals surface area contributed by atoms with Crippen molar-refractivity contribution in [1.82, 2.24) is 5.32 Å². The van der Waals surface area contributed by atoms with Crippen molar-refractivity contribution >= 4 is 23.0 Å². The average molecular weight is 196 g/mol. The summed E-state index contributed by atoms with van der Waals surface area (Å²) < 4.78 is 0. The van der Waals surface area contributed by atoms with Crippen molar-refractivity contribution in [2.24, 2.45) is 0 Å². The lowest BCUT2D eigenvalue weighted by Crippen LogP contribution is -2.24. The number of thiocarbonyl (C=S) groups is 1. The highest BCUT2D eigenvalue weighted by atomic mass is 32.1. The average Bonchev–Trinajstić information content (AvgIpc) is 2.18. The zero-order valence-corrected chi connectivity index (χ0v) is 8.19. The molecule has 0 bridgehead atoms. The standard InChI is InChI=1S/C9H12N2OS/c1-10-9(13)11-8-5-3-2-4-7(8)6-12/h2-5,12H,6H2,1H3,(H2,10,11,13). The first-order valence-electron chi connectivity index (χ1n) is 3.95. The summed E-state index contributed by atoms with van der Waals surface area (Å²) in [6.07, 6.45) is 0.